The highest BCUT2D eigenvalue weighted by atomic mass is 17.2. The van der Waals surface area contributed by atoms with Gasteiger partial charge in [0.1, 0.15) is 0 Å². The maximum Gasteiger partial charge on any atom is 0.508 e. The van der Waals surface area contributed by atoms with E-state index < -0.39 is 29.5 Å². The third-order valence-electron chi connectivity index (χ3n) is 1.10. The van der Waals surface area contributed by atoms with Crippen LogP contribution in [0.15, 0.2) is 0 Å². The number of carboxylic acid groups (broad SMARTS) is 1. The molecule has 9 heteroatoms. The Morgan fingerprint density at radius 2 is 1.19 bits per heavy atom. The van der Waals surface area contributed by atoms with Crippen LogP contribution in [0.25, 0.3) is 0 Å². The molecule has 0 saturated heterocycles. The largest absolute Gasteiger partial charge is 0.508 e. The quantitative estimate of drug-likeness (QED) is 0.362. The molecule has 21 heavy (non-hydrogen) atoms. The summed E-state index contributed by atoms with van der Waals surface area (Å²) >= 11 is 0. The standard InChI is InChI=1S/C8H16O5.C4H6O4/c1-7(2,3)12-13-8(4,5)11-6(9)10;1-3(5)7-8-4(2)6/h1-5H3,(H,9,10);1-2H3. The molecule has 0 atom stereocenters. The van der Waals surface area contributed by atoms with E-state index in [1.165, 1.54) is 13.8 Å². The first-order valence-corrected chi connectivity index (χ1v) is 5.89. The molecular formula is C12H22O9. The lowest BCUT2D eigenvalue weighted by Crippen LogP contribution is -2.34. The maximum atomic E-state index is 10.2. The predicted molar refractivity (Wildman–Crippen MR) is 68.6 cm³/mol. The summed E-state index contributed by atoms with van der Waals surface area (Å²) in [7, 11) is 0. The molecule has 0 aliphatic heterocycles. The van der Waals surface area contributed by atoms with Gasteiger partial charge >= 0.3 is 18.1 Å². The van der Waals surface area contributed by atoms with Gasteiger partial charge in [-0.2, -0.15) is 4.89 Å². The van der Waals surface area contributed by atoms with E-state index in [1.54, 1.807) is 20.8 Å². The van der Waals surface area contributed by atoms with Gasteiger partial charge in [-0.15, -0.1) is 0 Å². The summed E-state index contributed by atoms with van der Waals surface area (Å²) in [6, 6.07) is 0. The van der Waals surface area contributed by atoms with Crippen LogP contribution >= 0.6 is 0 Å². The van der Waals surface area contributed by atoms with E-state index in [4.69, 9.17) is 14.9 Å². The number of carbonyl (C=O) groups is 3. The fraction of sp³-hybridized carbons (Fsp3) is 0.750. The summed E-state index contributed by atoms with van der Waals surface area (Å²) in [6.07, 6.45) is -1.40. The van der Waals surface area contributed by atoms with E-state index in [9.17, 15) is 14.4 Å². The topological polar surface area (TPSA) is 118 Å². The van der Waals surface area contributed by atoms with Crippen molar-refractivity contribution < 1.29 is 43.8 Å². The summed E-state index contributed by atoms with van der Waals surface area (Å²) in [4.78, 5) is 47.2. The Bertz CT molecular complexity index is 340. The molecule has 0 aromatic rings. The van der Waals surface area contributed by atoms with E-state index >= 15 is 0 Å². The Balaban J connectivity index is 0. The molecule has 0 heterocycles. The van der Waals surface area contributed by atoms with Crippen LogP contribution in [0.1, 0.15) is 48.5 Å². The van der Waals surface area contributed by atoms with Crippen LogP contribution < -0.4 is 0 Å². The van der Waals surface area contributed by atoms with Crippen LogP contribution in [0.4, 0.5) is 4.79 Å². The first-order valence-electron chi connectivity index (χ1n) is 5.89. The number of hydrogen-bond donors (Lipinski definition) is 1. The number of ether oxygens (including phenoxy) is 1. The molecule has 1 N–H and O–H groups in total. The molecule has 0 spiro atoms. The number of carbonyl (C=O) groups excluding carboxylic acids is 2. The second-order valence-corrected chi connectivity index (χ2v) is 5.20. The van der Waals surface area contributed by atoms with Gasteiger partial charge in [-0.3, -0.25) is 0 Å². The van der Waals surface area contributed by atoms with Crippen LogP contribution in [-0.4, -0.2) is 34.6 Å². The molecule has 0 fully saturated rings. The lowest BCUT2D eigenvalue weighted by atomic mass is 10.2. The van der Waals surface area contributed by atoms with Crippen molar-refractivity contribution in [2.75, 3.05) is 0 Å². The zero-order valence-electron chi connectivity index (χ0n) is 13.2. The molecule has 0 unspecified atom stereocenters. The van der Waals surface area contributed by atoms with Gasteiger partial charge in [-0.25, -0.2) is 29.0 Å². The van der Waals surface area contributed by atoms with Crippen molar-refractivity contribution in [3.05, 3.63) is 0 Å². The number of hydrogen-bond acceptors (Lipinski definition) is 8. The monoisotopic (exact) mass is 310 g/mol. The van der Waals surface area contributed by atoms with Gasteiger partial charge in [0.05, 0.1) is 5.60 Å². The van der Waals surface area contributed by atoms with Crippen molar-refractivity contribution in [1.82, 2.24) is 0 Å². The molecule has 0 aromatic heterocycles. The average Bonchev–Trinajstić information content (AvgIpc) is 2.22. The van der Waals surface area contributed by atoms with Gasteiger partial charge in [0, 0.05) is 27.7 Å². The van der Waals surface area contributed by atoms with Crippen LogP contribution in [-0.2, 0) is 33.9 Å². The Labute approximate surface area is 122 Å². The molecule has 0 saturated carbocycles. The molecule has 0 aliphatic carbocycles. The summed E-state index contributed by atoms with van der Waals surface area (Å²) < 4.78 is 4.40. The minimum absolute atomic E-state index is 0.501. The van der Waals surface area contributed by atoms with E-state index in [0.29, 0.717) is 0 Å². The third-order valence-corrected chi connectivity index (χ3v) is 1.10. The molecular weight excluding hydrogens is 288 g/mol. The number of rotatable bonds is 3. The second kappa shape index (κ2) is 9.14. The summed E-state index contributed by atoms with van der Waals surface area (Å²) in [5.74, 6) is -2.57. The smallest absolute Gasteiger partial charge is 0.450 e. The van der Waals surface area contributed by atoms with Crippen molar-refractivity contribution >= 4 is 18.1 Å². The van der Waals surface area contributed by atoms with Gasteiger partial charge in [0.2, 0.25) is 5.79 Å². The molecule has 9 nitrogen and oxygen atoms in total. The average molecular weight is 310 g/mol. The van der Waals surface area contributed by atoms with Crippen molar-refractivity contribution in [3.63, 3.8) is 0 Å². The van der Waals surface area contributed by atoms with Crippen molar-refractivity contribution in [1.29, 1.82) is 0 Å². The lowest BCUT2D eigenvalue weighted by Gasteiger charge is -2.26. The summed E-state index contributed by atoms with van der Waals surface area (Å²) in [5.41, 5.74) is -0.501. The van der Waals surface area contributed by atoms with Gasteiger partial charge in [0.25, 0.3) is 0 Å². The molecule has 0 aromatic carbocycles. The van der Waals surface area contributed by atoms with Crippen LogP contribution in [0.2, 0.25) is 0 Å². The minimum Gasteiger partial charge on any atom is -0.450 e. The minimum atomic E-state index is -1.40. The highest BCUT2D eigenvalue weighted by molar-refractivity contribution is 5.69. The molecule has 0 bridgehead atoms. The maximum absolute atomic E-state index is 10.2. The van der Waals surface area contributed by atoms with E-state index in [1.807, 2.05) is 0 Å². The molecule has 0 aliphatic rings. The van der Waals surface area contributed by atoms with E-state index in [0.717, 1.165) is 13.8 Å². The van der Waals surface area contributed by atoms with Crippen LogP contribution in [0, 0.1) is 0 Å². The molecule has 124 valence electrons. The van der Waals surface area contributed by atoms with Gasteiger partial charge in [-0.1, -0.05) is 0 Å². The van der Waals surface area contributed by atoms with Crippen molar-refractivity contribution in [2.24, 2.45) is 0 Å². The molecule has 0 amide bonds. The second-order valence-electron chi connectivity index (χ2n) is 5.20. The third kappa shape index (κ3) is 20.6. The first kappa shape index (κ1) is 21.4. The molecule has 0 radical (unpaired) electrons. The summed E-state index contributed by atoms with van der Waals surface area (Å²) in [6.45, 7) is 10.5. The zero-order chi connectivity index (χ0) is 17.3. The zero-order valence-corrected chi connectivity index (χ0v) is 13.2. The fourth-order valence-corrected chi connectivity index (χ4v) is 0.570. The van der Waals surface area contributed by atoms with Gasteiger partial charge in [-0.05, 0) is 20.8 Å². The normalized spacial score (nSPS) is 10.8. The Hall–Kier alpha value is -1.87. The van der Waals surface area contributed by atoms with Crippen LogP contribution in [0.5, 0.6) is 0 Å². The van der Waals surface area contributed by atoms with E-state index in [-0.39, 0.29) is 0 Å². The highest BCUT2D eigenvalue weighted by Gasteiger charge is 2.27. The Morgan fingerprint density at radius 3 is 1.43 bits per heavy atom. The van der Waals surface area contributed by atoms with Gasteiger partial charge < -0.3 is 9.84 Å². The van der Waals surface area contributed by atoms with Crippen molar-refractivity contribution in [3.8, 4) is 0 Å². The fourth-order valence-electron chi connectivity index (χ4n) is 0.570. The predicted octanol–water partition coefficient (Wildman–Crippen LogP) is 2.19. The van der Waals surface area contributed by atoms with Crippen molar-refractivity contribution in [2.45, 2.75) is 59.9 Å². The Kier molecular flexibility index (Phi) is 9.32. The SMILES string of the molecule is CC(=O)OOC(C)=O.CC(C)(C)OOC(C)(C)OC(=O)O. The Morgan fingerprint density at radius 1 is 0.810 bits per heavy atom. The highest BCUT2D eigenvalue weighted by Crippen LogP contribution is 2.17. The van der Waals surface area contributed by atoms with Gasteiger partial charge in [0.15, 0.2) is 0 Å². The van der Waals surface area contributed by atoms with Crippen LogP contribution in [0.3, 0.4) is 0 Å². The molecule has 0 rings (SSSR count). The lowest BCUT2D eigenvalue weighted by molar-refractivity contribution is -0.440. The van der Waals surface area contributed by atoms with E-state index in [2.05, 4.69) is 14.5 Å². The summed E-state index contributed by atoms with van der Waals surface area (Å²) in [5, 5.41) is 8.32. The first-order chi connectivity index (χ1) is 9.25.